The molecule has 0 heterocycles. The van der Waals surface area contributed by atoms with Gasteiger partial charge in [0.15, 0.2) is 0 Å². The first-order valence-corrected chi connectivity index (χ1v) is 6.19. The Bertz CT molecular complexity index is 319. The highest BCUT2D eigenvalue weighted by atomic mass is 16.3. The second kappa shape index (κ2) is 4.98. The van der Waals surface area contributed by atoms with Gasteiger partial charge in [-0.15, -0.1) is 0 Å². The molecular weight excluding hydrogens is 198 g/mol. The summed E-state index contributed by atoms with van der Waals surface area (Å²) >= 11 is 0. The van der Waals surface area contributed by atoms with Crippen LogP contribution in [0, 0.1) is 0 Å². The molecule has 1 aliphatic rings. The first-order chi connectivity index (χ1) is 7.74. The van der Waals surface area contributed by atoms with E-state index in [0.29, 0.717) is 6.04 Å². The van der Waals surface area contributed by atoms with Crippen molar-refractivity contribution in [1.29, 1.82) is 0 Å². The molecule has 0 saturated heterocycles. The third kappa shape index (κ3) is 2.45. The lowest BCUT2D eigenvalue weighted by Gasteiger charge is -2.32. The van der Waals surface area contributed by atoms with E-state index in [1.807, 2.05) is 18.2 Å². The Morgan fingerprint density at radius 2 is 1.88 bits per heavy atom. The summed E-state index contributed by atoms with van der Waals surface area (Å²) in [4.78, 5) is 0. The Balaban J connectivity index is 2.12. The molecule has 1 fully saturated rings. The molecule has 0 aromatic heterocycles. The number of aliphatic hydroxyl groups is 1. The van der Waals surface area contributed by atoms with Crippen molar-refractivity contribution in [2.75, 3.05) is 6.61 Å². The monoisotopic (exact) mass is 219 g/mol. The largest absolute Gasteiger partial charge is 0.394 e. The molecule has 0 amide bonds. The molecule has 88 valence electrons. The summed E-state index contributed by atoms with van der Waals surface area (Å²) < 4.78 is 0. The van der Waals surface area contributed by atoms with Gasteiger partial charge in [0.2, 0.25) is 0 Å². The van der Waals surface area contributed by atoms with Crippen molar-refractivity contribution >= 4 is 0 Å². The molecule has 1 saturated carbocycles. The zero-order valence-corrected chi connectivity index (χ0v) is 9.95. The van der Waals surface area contributed by atoms with Crippen LogP contribution in [-0.4, -0.2) is 17.8 Å². The molecule has 0 aliphatic heterocycles. The van der Waals surface area contributed by atoms with Crippen molar-refractivity contribution in [3.8, 4) is 0 Å². The van der Waals surface area contributed by atoms with Crippen molar-refractivity contribution in [2.24, 2.45) is 0 Å². The van der Waals surface area contributed by atoms with Gasteiger partial charge in [0.1, 0.15) is 0 Å². The van der Waals surface area contributed by atoms with Crippen molar-refractivity contribution in [3.63, 3.8) is 0 Å². The summed E-state index contributed by atoms with van der Waals surface area (Å²) in [7, 11) is 0. The lowest BCUT2D eigenvalue weighted by atomic mass is 9.91. The Morgan fingerprint density at radius 1 is 1.25 bits per heavy atom. The van der Waals surface area contributed by atoms with Gasteiger partial charge in [-0.3, -0.25) is 0 Å². The molecule has 1 aliphatic carbocycles. The highest BCUT2D eigenvalue weighted by Crippen LogP contribution is 2.25. The minimum Gasteiger partial charge on any atom is -0.394 e. The van der Waals surface area contributed by atoms with E-state index >= 15 is 0 Å². The van der Waals surface area contributed by atoms with Crippen LogP contribution in [0.3, 0.4) is 0 Å². The Hall–Kier alpha value is -0.860. The quantitative estimate of drug-likeness (QED) is 0.815. The highest BCUT2D eigenvalue weighted by molar-refractivity contribution is 5.24. The maximum atomic E-state index is 9.64. The van der Waals surface area contributed by atoms with Gasteiger partial charge in [-0.1, -0.05) is 43.2 Å². The zero-order valence-electron chi connectivity index (χ0n) is 9.95. The second-order valence-electron chi connectivity index (χ2n) is 4.98. The van der Waals surface area contributed by atoms with Crippen LogP contribution in [-0.2, 0) is 5.54 Å². The third-order valence-electron chi connectivity index (χ3n) is 3.61. The molecule has 1 aromatic carbocycles. The van der Waals surface area contributed by atoms with Crippen LogP contribution >= 0.6 is 0 Å². The van der Waals surface area contributed by atoms with Gasteiger partial charge in [0, 0.05) is 6.04 Å². The fraction of sp³-hybridized carbons (Fsp3) is 0.571. The number of hydrogen-bond acceptors (Lipinski definition) is 2. The molecule has 0 bridgehead atoms. The summed E-state index contributed by atoms with van der Waals surface area (Å²) in [6, 6.07) is 10.8. The minimum atomic E-state index is -0.295. The van der Waals surface area contributed by atoms with E-state index in [0.717, 1.165) is 0 Å². The number of hydrogen-bond donors (Lipinski definition) is 2. The average Bonchev–Trinajstić information content (AvgIpc) is 2.83. The van der Waals surface area contributed by atoms with E-state index in [1.54, 1.807) is 0 Å². The maximum Gasteiger partial charge on any atom is 0.0652 e. The fourth-order valence-electron chi connectivity index (χ4n) is 2.55. The maximum absolute atomic E-state index is 9.64. The highest BCUT2D eigenvalue weighted by Gasteiger charge is 2.29. The van der Waals surface area contributed by atoms with Crippen LogP contribution in [0.1, 0.15) is 38.2 Å². The zero-order chi connectivity index (χ0) is 11.4. The predicted molar refractivity (Wildman–Crippen MR) is 66.3 cm³/mol. The van der Waals surface area contributed by atoms with Crippen LogP contribution in [0.25, 0.3) is 0 Å². The van der Waals surface area contributed by atoms with Crippen molar-refractivity contribution in [3.05, 3.63) is 35.9 Å². The van der Waals surface area contributed by atoms with Gasteiger partial charge >= 0.3 is 0 Å². The van der Waals surface area contributed by atoms with E-state index in [2.05, 4.69) is 24.4 Å². The standard InChI is InChI=1S/C14H21NO/c1-14(11-16,12-7-3-2-4-8-12)15-13-9-5-6-10-13/h2-4,7-8,13,15-16H,5-6,9-11H2,1H3. The van der Waals surface area contributed by atoms with Crippen LogP contribution in [0.15, 0.2) is 30.3 Å². The van der Waals surface area contributed by atoms with Gasteiger partial charge < -0.3 is 10.4 Å². The molecule has 16 heavy (non-hydrogen) atoms. The molecule has 0 spiro atoms. The fourth-order valence-corrected chi connectivity index (χ4v) is 2.55. The Morgan fingerprint density at radius 3 is 2.44 bits per heavy atom. The summed E-state index contributed by atoms with van der Waals surface area (Å²) in [5.41, 5.74) is 0.875. The topological polar surface area (TPSA) is 32.3 Å². The lowest BCUT2D eigenvalue weighted by Crippen LogP contribution is -2.47. The van der Waals surface area contributed by atoms with Gasteiger partial charge in [0.25, 0.3) is 0 Å². The smallest absolute Gasteiger partial charge is 0.0652 e. The summed E-state index contributed by atoms with van der Waals surface area (Å²) in [6.45, 7) is 2.23. The van der Waals surface area contributed by atoms with E-state index < -0.39 is 0 Å². The van der Waals surface area contributed by atoms with Gasteiger partial charge in [0.05, 0.1) is 12.1 Å². The van der Waals surface area contributed by atoms with E-state index in [1.165, 1.54) is 31.2 Å². The van der Waals surface area contributed by atoms with Crippen LogP contribution in [0.2, 0.25) is 0 Å². The second-order valence-corrected chi connectivity index (χ2v) is 4.98. The Labute approximate surface area is 97.7 Å². The first kappa shape index (κ1) is 11.6. The number of benzene rings is 1. The predicted octanol–water partition coefficient (Wildman–Crippen LogP) is 2.43. The third-order valence-corrected chi connectivity index (χ3v) is 3.61. The van der Waals surface area contributed by atoms with Gasteiger partial charge in [-0.2, -0.15) is 0 Å². The Kier molecular flexibility index (Phi) is 3.62. The molecule has 1 atom stereocenters. The summed E-state index contributed by atoms with van der Waals surface area (Å²) in [6.07, 6.45) is 5.10. The molecule has 1 unspecified atom stereocenters. The summed E-state index contributed by atoms with van der Waals surface area (Å²) in [5.74, 6) is 0. The van der Waals surface area contributed by atoms with Crippen molar-refractivity contribution in [2.45, 2.75) is 44.2 Å². The van der Waals surface area contributed by atoms with E-state index in [-0.39, 0.29) is 12.1 Å². The molecule has 1 aromatic rings. The van der Waals surface area contributed by atoms with Crippen LogP contribution < -0.4 is 5.32 Å². The van der Waals surface area contributed by atoms with Crippen molar-refractivity contribution < 1.29 is 5.11 Å². The SMILES string of the molecule is CC(CO)(NC1CCCC1)c1ccccc1. The number of nitrogens with one attached hydrogen (secondary N) is 1. The normalized spacial score (nSPS) is 20.9. The molecule has 2 rings (SSSR count). The number of aliphatic hydroxyl groups excluding tert-OH is 1. The summed E-state index contributed by atoms with van der Waals surface area (Å²) in [5, 5.41) is 13.2. The molecule has 2 N–H and O–H groups in total. The molecule has 2 heteroatoms. The lowest BCUT2D eigenvalue weighted by molar-refractivity contribution is 0.161. The van der Waals surface area contributed by atoms with Crippen LogP contribution in [0.5, 0.6) is 0 Å². The molecule has 2 nitrogen and oxygen atoms in total. The van der Waals surface area contributed by atoms with Crippen molar-refractivity contribution in [1.82, 2.24) is 5.32 Å². The van der Waals surface area contributed by atoms with E-state index in [9.17, 15) is 5.11 Å². The molecule has 0 radical (unpaired) electrons. The van der Waals surface area contributed by atoms with Crippen LogP contribution in [0.4, 0.5) is 0 Å². The van der Waals surface area contributed by atoms with Gasteiger partial charge in [-0.25, -0.2) is 0 Å². The average molecular weight is 219 g/mol. The minimum absolute atomic E-state index is 0.146. The molecular formula is C14H21NO. The number of rotatable bonds is 4. The van der Waals surface area contributed by atoms with E-state index in [4.69, 9.17) is 0 Å². The first-order valence-electron chi connectivity index (χ1n) is 6.19. The van der Waals surface area contributed by atoms with Gasteiger partial charge in [-0.05, 0) is 25.3 Å².